The first-order chi connectivity index (χ1) is 11.5. The van der Waals surface area contributed by atoms with Gasteiger partial charge in [0.1, 0.15) is 0 Å². The van der Waals surface area contributed by atoms with Gasteiger partial charge in [-0.15, -0.1) is 5.10 Å². The number of ketones is 1. The Morgan fingerprint density at radius 2 is 1.67 bits per heavy atom. The number of amides is 1. The highest BCUT2D eigenvalue weighted by molar-refractivity contribution is 6.33. The molecule has 3 aromatic rings. The Morgan fingerprint density at radius 3 is 2.33 bits per heavy atom. The summed E-state index contributed by atoms with van der Waals surface area (Å²) in [6, 6.07) is 13.3. The maximum atomic E-state index is 12.2. The lowest BCUT2D eigenvalue weighted by Crippen LogP contribution is -2.12. The van der Waals surface area contributed by atoms with Crippen molar-refractivity contribution in [1.29, 1.82) is 0 Å². The second-order valence-electron chi connectivity index (χ2n) is 4.98. The van der Waals surface area contributed by atoms with Crippen molar-refractivity contribution in [3.05, 3.63) is 64.7 Å². The first-order valence-electron chi connectivity index (χ1n) is 7.05. The van der Waals surface area contributed by atoms with Crippen LogP contribution in [0.3, 0.4) is 0 Å². The van der Waals surface area contributed by atoms with Gasteiger partial charge in [0.05, 0.1) is 10.6 Å². The van der Waals surface area contributed by atoms with Gasteiger partial charge in [-0.1, -0.05) is 41.0 Å². The number of halogens is 1. The summed E-state index contributed by atoms with van der Waals surface area (Å²) in [5.41, 5.74) is 1.49. The molecule has 2 aromatic carbocycles. The summed E-state index contributed by atoms with van der Waals surface area (Å²) in [6.45, 7) is 1.46. The van der Waals surface area contributed by atoms with Gasteiger partial charge in [-0.2, -0.15) is 0 Å². The van der Waals surface area contributed by atoms with E-state index < -0.39 is 5.91 Å². The van der Waals surface area contributed by atoms with Gasteiger partial charge in [-0.05, 0) is 31.2 Å². The van der Waals surface area contributed by atoms with Crippen LogP contribution < -0.4 is 5.32 Å². The number of benzene rings is 2. The van der Waals surface area contributed by atoms with Crippen LogP contribution in [0.25, 0.3) is 11.5 Å². The minimum Gasteiger partial charge on any atom is -0.403 e. The van der Waals surface area contributed by atoms with Crippen molar-refractivity contribution in [1.82, 2.24) is 10.2 Å². The Kier molecular flexibility index (Phi) is 4.39. The molecule has 1 heterocycles. The third kappa shape index (κ3) is 3.33. The van der Waals surface area contributed by atoms with Crippen LogP contribution in [0.2, 0.25) is 5.02 Å². The van der Waals surface area contributed by atoms with Crippen molar-refractivity contribution >= 4 is 29.3 Å². The number of rotatable bonds is 4. The largest absolute Gasteiger partial charge is 0.403 e. The fraction of sp³-hybridized carbons (Fsp3) is 0.0588. The monoisotopic (exact) mass is 341 g/mol. The zero-order valence-corrected chi connectivity index (χ0v) is 13.4. The first kappa shape index (κ1) is 15.9. The van der Waals surface area contributed by atoms with Gasteiger partial charge in [0.25, 0.3) is 11.8 Å². The molecular weight excluding hydrogens is 330 g/mol. The van der Waals surface area contributed by atoms with Crippen LogP contribution in [0.1, 0.15) is 27.6 Å². The Morgan fingerprint density at radius 1 is 1.00 bits per heavy atom. The van der Waals surface area contributed by atoms with Crippen molar-refractivity contribution in [3.8, 4) is 11.5 Å². The highest BCUT2D eigenvalue weighted by Crippen LogP contribution is 2.27. The molecule has 0 saturated heterocycles. The highest BCUT2D eigenvalue weighted by Gasteiger charge is 2.14. The third-order valence-corrected chi connectivity index (χ3v) is 3.63. The summed E-state index contributed by atoms with van der Waals surface area (Å²) in [6.07, 6.45) is 0. The lowest BCUT2D eigenvalue weighted by molar-refractivity contribution is 0.100. The summed E-state index contributed by atoms with van der Waals surface area (Å²) in [7, 11) is 0. The van der Waals surface area contributed by atoms with Crippen LogP contribution in [0, 0.1) is 0 Å². The van der Waals surface area contributed by atoms with Crippen LogP contribution in [0.4, 0.5) is 6.01 Å². The summed E-state index contributed by atoms with van der Waals surface area (Å²) in [5.74, 6) is -0.273. The molecule has 1 amide bonds. The van der Waals surface area contributed by atoms with Crippen LogP contribution in [-0.4, -0.2) is 21.9 Å². The molecule has 0 aliphatic rings. The van der Waals surface area contributed by atoms with E-state index in [1.54, 1.807) is 48.5 Å². The van der Waals surface area contributed by atoms with Crippen molar-refractivity contribution in [2.24, 2.45) is 0 Å². The average molecular weight is 342 g/mol. The number of Topliss-reactive ketones (excluding diaryl/α,β-unsaturated/α-hetero) is 1. The summed E-state index contributed by atoms with van der Waals surface area (Å²) < 4.78 is 5.41. The van der Waals surface area contributed by atoms with Crippen LogP contribution in [0.15, 0.2) is 52.9 Å². The Labute approximate surface area is 142 Å². The quantitative estimate of drug-likeness (QED) is 0.728. The molecule has 1 N–H and O–H groups in total. The average Bonchev–Trinajstić information content (AvgIpc) is 3.03. The van der Waals surface area contributed by atoms with E-state index in [2.05, 4.69) is 15.5 Å². The van der Waals surface area contributed by atoms with E-state index in [4.69, 9.17) is 16.0 Å². The van der Waals surface area contributed by atoms with Gasteiger partial charge in [-0.25, -0.2) is 0 Å². The molecule has 7 heteroatoms. The van der Waals surface area contributed by atoms with Gasteiger partial charge in [0.2, 0.25) is 0 Å². The second-order valence-corrected chi connectivity index (χ2v) is 5.39. The van der Waals surface area contributed by atoms with Gasteiger partial charge in [0, 0.05) is 11.1 Å². The molecule has 0 aliphatic carbocycles. The van der Waals surface area contributed by atoms with E-state index in [1.165, 1.54) is 6.92 Å². The third-order valence-electron chi connectivity index (χ3n) is 3.30. The molecule has 6 nitrogen and oxygen atoms in total. The number of hydrogen-bond acceptors (Lipinski definition) is 5. The lowest BCUT2D eigenvalue weighted by atomic mass is 10.1. The van der Waals surface area contributed by atoms with Gasteiger partial charge >= 0.3 is 6.01 Å². The van der Waals surface area contributed by atoms with E-state index in [9.17, 15) is 9.59 Å². The van der Waals surface area contributed by atoms with E-state index in [0.29, 0.717) is 21.7 Å². The number of carbonyl (C=O) groups is 2. The van der Waals surface area contributed by atoms with Crippen molar-refractivity contribution in [3.63, 3.8) is 0 Å². The Bertz CT molecular complexity index is 903. The smallest absolute Gasteiger partial charge is 0.322 e. The molecule has 0 fully saturated rings. The molecule has 1 aromatic heterocycles. The summed E-state index contributed by atoms with van der Waals surface area (Å²) in [4.78, 5) is 23.4. The number of carbonyl (C=O) groups excluding carboxylic acids is 2. The summed E-state index contributed by atoms with van der Waals surface area (Å²) in [5, 5.41) is 10.6. The fourth-order valence-corrected chi connectivity index (χ4v) is 2.26. The number of aromatic nitrogens is 2. The molecule has 0 bridgehead atoms. The molecule has 24 heavy (non-hydrogen) atoms. The molecule has 0 aliphatic heterocycles. The number of anilines is 1. The zero-order chi connectivity index (χ0) is 17.1. The topological polar surface area (TPSA) is 85.1 Å². The predicted octanol–water partition coefficient (Wildman–Crippen LogP) is 3.84. The fourth-order valence-electron chi connectivity index (χ4n) is 2.04. The van der Waals surface area contributed by atoms with Crippen LogP contribution in [0.5, 0.6) is 0 Å². The van der Waals surface area contributed by atoms with Gasteiger partial charge < -0.3 is 4.42 Å². The number of nitrogens with zero attached hydrogens (tertiary/aromatic N) is 2. The molecule has 120 valence electrons. The standard InChI is InChI=1S/C17H12ClN3O3/c1-10(22)11-6-8-12(9-7-11)15(23)19-17-21-20-16(24-17)13-4-2-3-5-14(13)18/h2-9H,1H3,(H,19,21,23). The van der Waals surface area contributed by atoms with Gasteiger partial charge in [-0.3, -0.25) is 14.9 Å². The zero-order valence-electron chi connectivity index (χ0n) is 12.6. The Balaban J connectivity index is 1.76. The maximum absolute atomic E-state index is 12.2. The Hall–Kier alpha value is -2.99. The molecule has 0 unspecified atom stereocenters. The lowest BCUT2D eigenvalue weighted by Gasteiger charge is -2.01. The number of nitrogens with one attached hydrogen (secondary N) is 1. The second kappa shape index (κ2) is 6.64. The first-order valence-corrected chi connectivity index (χ1v) is 7.43. The van der Waals surface area contributed by atoms with E-state index in [1.807, 2.05) is 0 Å². The normalized spacial score (nSPS) is 10.4. The van der Waals surface area contributed by atoms with Crippen molar-refractivity contribution in [2.75, 3.05) is 5.32 Å². The van der Waals surface area contributed by atoms with Crippen molar-refractivity contribution in [2.45, 2.75) is 6.92 Å². The van der Waals surface area contributed by atoms with Crippen LogP contribution >= 0.6 is 11.6 Å². The minimum absolute atomic E-state index is 0.0365. The van der Waals surface area contributed by atoms with E-state index in [-0.39, 0.29) is 17.7 Å². The maximum Gasteiger partial charge on any atom is 0.322 e. The van der Waals surface area contributed by atoms with E-state index >= 15 is 0 Å². The summed E-state index contributed by atoms with van der Waals surface area (Å²) >= 11 is 6.07. The van der Waals surface area contributed by atoms with Crippen LogP contribution in [-0.2, 0) is 0 Å². The molecule has 3 rings (SSSR count). The molecule has 0 saturated carbocycles. The predicted molar refractivity (Wildman–Crippen MR) is 89.1 cm³/mol. The molecule has 0 radical (unpaired) electrons. The molecular formula is C17H12ClN3O3. The van der Waals surface area contributed by atoms with Crippen molar-refractivity contribution < 1.29 is 14.0 Å². The SMILES string of the molecule is CC(=O)c1ccc(C(=O)Nc2nnc(-c3ccccc3Cl)o2)cc1. The van der Waals surface area contributed by atoms with E-state index in [0.717, 1.165) is 0 Å². The highest BCUT2D eigenvalue weighted by atomic mass is 35.5. The number of hydrogen-bond donors (Lipinski definition) is 1. The minimum atomic E-state index is -0.417. The molecule has 0 atom stereocenters. The molecule has 0 spiro atoms. The van der Waals surface area contributed by atoms with Gasteiger partial charge in [0.15, 0.2) is 5.78 Å².